The number of anilines is 1. The van der Waals surface area contributed by atoms with Gasteiger partial charge in [-0.05, 0) is 42.4 Å². The van der Waals surface area contributed by atoms with Crippen molar-refractivity contribution < 1.29 is 0 Å². The molecule has 2 aliphatic rings. The first-order valence-corrected chi connectivity index (χ1v) is 8.28. The van der Waals surface area contributed by atoms with E-state index in [-0.39, 0.29) is 0 Å². The van der Waals surface area contributed by atoms with Crippen LogP contribution in [-0.4, -0.2) is 9.97 Å². The molecule has 4 heteroatoms. The van der Waals surface area contributed by atoms with Gasteiger partial charge in [0.1, 0.15) is 16.5 Å². The lowest BCUT2D eigenvalue weighted by Crippen LogP contribution is -2.20. The predicted octanol–water partition coefficient (Wildman–Crippen LogP) is 3.45. The molecule has 0 aliphatic heterocycles. The van der Waals surface area contributed by atoms with Gasteiger partial charge in [0.2, 0.25) is 0 Å². The molecular weight excluding hydrogens is 278 g/mol. The Morgan fingerprint density at radius 2 is 2.05 bits per heavy atom. The summed E-state index contributed by atoms with van der Waals surface area (Å²) in [6.45, 7) is 0. The molecule has 0 saturated carbocycles. The average Bonchev–Trinajstić information content (AvgIpc) is 3.00. The molecule has 0 saturated heterocycles. The van der Waals surface area contributed by atoms with Crippen molar-refractivity contribution in [3.05, 3.63) is 51.7 Å². The number of aryl methyl sites for hydroxylation is 2. The van der Waals surface area contributed by atoms with E-state index in [0.29, 0.717) is 11.7 Å². The van der Waals surface area contributed by atoms with Crippen molar-refractivity contribution in [2.24, 2.45) is 0 Å². The van der Waals surface area contributed by atoms with Gasteiger partial charge in [-0.25, -0.2) is 9.97 Å². The second-order valence-corrected chi connectivity index (χ2v) is 7.04. The Bertz CT molecular complexity index is 881. The van der Waals surface area contributed by atoms with Gasteiger partial charge in [0.05, 0.1) is 5.39 Å². The molecule has 5 rings (SSSR count). The lowest BCUT2D eigenvalue weighted by Gasteiger charge is -2.28. The third-order valence-electron chi connectivity index (χ3n) is 4.78. The maximum Gasteiger partial charge on any atom is 0.140 e. The van der Waals surface area contributed by atoms with Crippen LogP contribution < -0.4 is 5.73 Å². The summed E-state index contributed by atoms with van der Waals surface area (Å²) in [5.41, 5.74) is 10.5. The first-order chi connectivity index (χ1) is 10.3. The lowest BCUT2D eigenvalue weighted by molar-refractivity contribution is 0.665. The molecule has 2 aromatic heterocycles. The maximum absolute atomic E-state index is 6.27. The van der Waals surface area contributed by atoms with Crippen LogP contribution in [0.15, 0.2) is 24.3 Å². The average molecular weight is 293 g/mol. The van der Waals surface area contributed by atoms with Crippen molar-refractivity contribution in [2.45, 2.75) is 31.6 Å². The minimum Gasteiger partial charge on any atom is -0.383 e. The Kier molecular flexibility index (Phi) is 2.25. The molecule has 104 valence electrons. The van der Waals surface area contributed by atoms with Crippen LogP contribution in [0.4, 0.5) is 5.82 Å². The van der Waals surface area contributed by atoms with Gasteiger partial charge in [0, 0.05) is 10.8 Å². The van der Waals surface area contributed by atoms with Crippen molar-refractivity contribution in [1.29, 1.82) is 0 Å². The Morgan fingerprint density at radius 3 is 2.95 bits per heavy atom. The summed E-state index contributed by atoms with van der Waals surface area (Å²) in [6.07, 6.45) is 4.59. The minimum atomic E-state index is 0.324. The van der Waals surface area contributed by atoms with Crippen molar-refractivity contribution in [1.82, 2.24) is 9.97 Å². The number of nitrogens with two attached hydrogens (primary N) is 1. The molecule has 0 radical (unpaired) electrons. The highest BCUT2D eigenvalue weighted by molar-refractivity contribution is 7.19. The first-order valence-electron chi connectivity index (χ1n) is 7.46. The zero-order valence-corrected chi connectivity index (χ0v) is 12.4. The molecule has 2 heterocycles. The Balaban J connectivity index is 1.67. The number of nitrogens with zero attached hydrogens (tertiary/aromatic N) is 2. The fraction of sp³-hybridized carbons (Fsp3) is 0.294. The molecule has 1 aromatic carbocycles. The largest absolute Gasteiger partial charge is 0.383 e. The van der Waals surface area contributed by atoms with Crippen LogP contribution >= 0.6 is 11.3 Å². The van der Waals surface area contributed by atoms with Gasteiger partial charge in [-0.3, -0.25) is 0 Å². The summed E-state index contributed by atoms with van der Waals surface area (Å²) in [5.74, 6) is 1.90. The van der Waals surface area contributed by atoms with E-state index in [9.17, 15) is 0 Å². The number of aromatic nitrogens is 2. The number of nitrogen functional groups attached to an aromatic ring is 1. The van der Waals surface area contributed by atoms with Crippen LogP contribution in [0.3, 0.4) is 0 Å². The zero-order valence-electron chi connectivity index (χ0n) is 11.6. The van der Waals surface area contributed by atoms with Crippen molar-refractivity contribution in [2.75, 3.05) is 5.73 Å². The first kappa shape index (κ1) is 11.7. The number of hydrogen-bond acceptors (Lipinski definition) is 4. The summed E-state index contributed by atoms with van der Waals surface area (Å²) in [6, 6.07) is 8.55. The number of thiophene rings is 1. The molecule has 3 aromatic rings. The number of fused-ring (bicyclic) bond motifs is 4. The number of benzene rings is 1. The van der Waals surface area contributed by atoms with Crippen LogP contribution in [0.5, 0.6) is 0 Å². The van der Waals surface area contributed by atoms with E-state index in [1.54, 1.807) is 0 Å². The molecule has 2 N–H and O–H groups in total. The van der Waals surface area contributed by atoms with E-state index >= 15 is 0 Å². The van der Waals surface area contributed by atoms with Crippen LogP contribution in [-0.2, 0) is 19.3 Å². The van der Waals surface area contributed by atoms with Gasteiger partial charge >= 0.3 is 0 Å². The zero-order chi connectivity index (χ0) is 14.0. The SMILES string of the molecule is Nc1nc(C2Cc3ccccc32)nc2sc3c(c12)CCC3. The normalized spacial score (nSPS) is 19.3. The van der Waals surface area contributed by atoms with E-state index in [2.05, 4.69) is 29.2 Å². The summed E-state index contributed by atoms with van der Waals surface area (Å²) >= 11 is 1.82. The third-order valence-corrected chi connectivity index (χ3v) is 5.96. The monoisotopic (exact) mass is 293 g/mol. The van der Waals surface area contributed by atoms with Gasteiger partial charge in [-0.1, -0.05) is 24.3 Å². The Labute approximate surface area is 126 Å². The Hall–Kier alpha value is -1.94. The molecule has 2 aliphatic carbocycles. The number of hydrogen-bond donors (Lipinski definition) is 1. The Morgan fingerprint density at radius 1 is 1.14 bits per heavy atom. The van der Waals surface area contributed by atoms with Crippen LogP contribution in [0, 0.1) is 0 Å². The lowest BCUT2D eigenvalue weighted by atomic mass is 9.77. The third kappa shape index (κ3) is 1.54. The van der Waals surface area contributed by atoms with Crippen LogP contribution in [0.1, 0.15) is 39.7 Å². The highest BCUT2D eigenvalue weighted by atomic mass is 32.1. The van der Waals surface area contributed by atoms with Gasteiger partial charge in [-0.2, -0.15) is 0 Å². The second-order valence-electron chi connectivity index (χ2n) is 5.96. The molecule has 0 spiro atoms. The highest BCUT2D eigenvalue weighted by Gasteiger charge is 2.31. The minimum absolute atomic E-state index is 0.324. The van der Waals surface area contributed by atoms with Crippen molar-refractivity contribution >= 4 is 27.4 Å². The standard InChI is InChI=1S/C17H15N3S/c18-15-14-11-6-3-7-13(11)21-17(14)20-16(19-15)12-8-9-4-1-2-5-10(9)12/h1-2,4-5,12H,3,6-8H2,(H2,18,19,20). The molecule has 0 bridgehead atoms. The predicted molar refractivity (Wildman–Crippen MR) is 85.8 cm³/mol. The van der Waals surface area contributed by atoms with Gasteiger partial charge < -0.3 is 5.73 Å². The smallest absolute Gasteiger partial charge is 0.140 e. The van der Waals surface area contributed by atoms with E-state index in [4.69, 9.17) is 10.7 Å². The van der Waals surface area contributed by atoms with Crippen molar-refractivity contribution in [3.8, 4) is 0 Å². The summed E-state index contributed by atoms with van der Waals surface area (Å²) in [5, 5.41) is 1.13. The molecule has 1 atom stereocenters. The highest BCUT2D eigenvalue weighted by Crippen LogP contribution is 2.42. The molecule has 1 unspecified atom stereocenters. The van der Waals surface area contributed by atoms with E-state index < -0.39 is 0 Å². The molecule has 21 heavy (non-hydrogen) atoms. The van der Waals surface area contributed by atoms with Crippen LogP contribution in [0.25, 0.3) is 10.2 Å². The summed E-state index contributed by atoms with van der Waals surface area (Å²) in [4.78, 5) is 12.1. The molecule has 0 fully saturated rings. The van der Waals surface area contributed by atoms with Gasteiger partial charge in [0.25, 0.3) is 0 Å². The maximum atomic E-state index is 6.27. The topological polar surface area (TPSA) is 51.8 Å². The van der Waals surface area contributed by atoms with E-state index in [1.807, 2.05) is 11.3 Å². The molecule has 0 amide bonds. The number of rotatable bonds is 1. The van der Waals surface area contributed by atoms with E-state index in [1.165, 1.54) is 34.4 Å². The molecular formula is C17H15N3S. The van der Waals surface area contributed by atoms with E-state index in [0.717, 1.165) is 28.9 Å². The summed E-state index contributed by atoms with van der Waals surface area (Å²) < 4.78 is 0. The van der Waals surface area contributed by atoms with Crippen molar-refractivity contribution in [3.63, 3.8) is 0 Å². The fourth-order valence-corrected chi connectivity index (χ4v) is 4.96. The summed E-state index contributed by atoms with van der Waals surface area (Å²) in [7, 11) is 0. The van der Waals surface area contributed by atoms with Gasteiger partial charge in [-0.15, -0.1) is 11.3 Å². The fourth-order valence-electron chi connectivity index (χ4n) is 3.69. The van der Waals surface area contributed by atoms with Crippen LogP contribution in [0.2, 0.25) is 0 Å². The molecule has 3 nitrogen and oxygen atoms in total. The second kappa shape index (κ2) is 4.04. The quantitative estimate of drug-likeness (QED) is 0.747. The van der Waals surface area contributed by atoms with Gasteiger partial charge in [0.15, 0.2) is 0 Å².